The Bertz CT molecular complexity index is 270. The van der Waals surface area contributed by atoms with Gasteiger partial charge in [-0.15, -0.1) is 0 Å². The van der Waals surface area contributed by atoms with E-state index in [4.69, 9.17) is 0 Å². The molecule has 19 heavy (non-hydrogen) atoms. The summed E-state index contributed by atoms with van der Waals surface area (Å²) in [6, 6.07) is 0.612. The lowest BCUT2D eigenvalue weighted by atomic mass is 9.76. The molecule has 1 fully saturated rings. The Hall–Kier alpha value is -0.570. The number of nitrogens with zero attached hydrogens (tertiary/aromatic N) is 1. The Morgan fingerprint density at radius 2 is 1.84 bits per heavy atom. The second-order valence-corrected chi connectivity index (χ2v) is 6.17. The Balaban J connectivity index is 2.34. The number of carbonyl (C=O) groups is 1. The molecule has 0 aromatic heterocycles. The molecular weight excluding hydrogens is 238 g/mol. The lowest BCUT2D eigenvalue weighted by molar-refractivity contribution is -0.152. The Labute approximate surface area is 118 Å². The van der Waals surface area contributed by atoms with Gasteiger partial charge in [0.05, 0.1) is 5.41 Å². The number of piperidine rings is 1. The van der Waals surface area contributed by atoms with E-state index >= 15 is 0 Å². The number of hydrogen-bond acceptors (Lipinski definition) is 2. The van der Waals surface area contributed by atoms with Gasteiger partial charge in [0.25, 0.3) is 0 Å². The van der Waals surface area contributed by atoms with E-state index in [1.165, 1.54) is 32.1 Å². The van der Waals surface area contributed by atoms with E-state index in [-0.39, 0.29) is 0 Å². The van der Waals surface area contributed by atoms with Crippen LogP contribution in [0, 0.1) is 5.41 Å². The van der Waals surface area contributed by atoms with Crippen molar-refractivity contribution in [2.45, 2.75) is 78.2 Å². The Morgan fingerprint density at radius 1 is 1.21 bits per heavy atom. The van der Waals surface area contributed by atoms with Gasteiger partial charge in [-0.05, 0) is 45.7 Å². The molecule has 0 aromatic rings. The second-order valence-electron chi connectivity index (χ2n) is 6.17. The summed E-state index contributed by atoms with van der Waals surface area (Å²) in [5.74, 6) is -0.592. The first-order valence-electron chi connectivity index (χ1n) is 8.03. The maximum absolute atomic E-state index is 11.4. The van der Waals surface area contributed by atoms with Gasteiger partial charge in [0.1, 0.15) is 0 Å². The summed E-state index contributed by atoms with van der Waals surface area (Å²) in [7, 11) is 0. The molecule has 0 saturated carbocycles. The summed E-state index contributed by atoms with van der Waals surface area (Å²) in [6.45, 7) is 8.46. The van der Waals surface area contributed by atoms with Gasteiger partial charge in [-0.3, -0.25) is 4.79 Å². The van der Waals surface area contributed by atoms with Gasteiger partial charge in [-0.25, -0.2) is 0 Å². The minimum Gasteiger partial charge on any atom is -0.481 e. The third kappa shape index (κ3) is 4.48. The number of aliphatic carboxylic acids is 1. The topological polar surface area (TPSA) is 40.5 Å². The van der Waals surface area contributed by atoms with E-state index in [0.717, 1.165) is 32.4 Å². The van der Waals surface area contributed by atoms with Crippen LogP contribution in [0.15, 0.2) is 0 Å². The highest BCUT2D eigenvalue weighted by atomic mass is 16.4. The molecule has 0 aromatic carbocycles. The van der Waals surface area contributed by atoms with Crippen LogP contribution in [0.2, 0.25) is 0 Å². The van der Waals surface area contributed by atoms with Crippen LogP contribution in [0.25, 0.3) is 0 Å². The fraction of sp³-hybridized carbons (Fsp3) is 0.938. The van der Waals surface area contributed by atoms with E-state index in [1.807, 2.05) is 6.92 Å². The van der Waals surface area contributed by atoms with Gasteiger partial charge in [0, 0.05) is 6.04 Å². The van der Waals surface area contributed by atoms with Gasteiger partial charge in [-0.1, -0.05) is 39.5 Å². The number of hydrogen-bond donors (Lipinski definition) is 1. The van der Waals surface area contributed by atoms with Crippen LogP contribution in [0.1, 0.15) is 72.1 Å². The van der Waals surface area contributed by atoms with E-state index < -0.39 is 11.4 Å². The monoisotopic (exact) mass is 269 g/mol. The molecule has 3 heteroatoms. The molecule has 0 radical (unpaired) electrons. The highest BCUT2D eigenvalue weighted by Crippen LogP contribution is 2.36. The zero-order chi connectivity index (χ0) is 14.3. The van der Waals surface area contributed by atoms with Gasteiger partial charge < -0.3 is 10.0 Å². The fourth-order valence-electron chi connectivity index (χ4n) is 3.16. The van der Waals surface area contributed by atoms with Crippen molar-refractivity contribution in [2.75, 3.05) is 13.1 Å². The molecule has 1 unspecified atom stereocenters. The summed E-state index contributed by atoms with van der Waals surface area (Å²) < 4.78 is 0. The number of rotatable bonds is 8. The van der Waals surface area contributed by atoms with Gasteiger partial charge in [0.15, 0.2) is 0 Å². The summed E-state index contributed by atoms with van der Waals surface area (Å²) in [5, 5.41) is 9.40. The van der Waals surface area contributed by atoms with Crippen LogP contribution in [0.5, 0.6) is 0 Å². The summed E-state index contributed by atoms with van der Waals surface area (Å²) in [5.41, 5.74) is -0.446. The number of carboxylic acids is 1. The van der Waals surface area contributed by atoms with Crippen molar-refractivity contribution < 1.29 is 9.90 Å². The second kappa shape index (κ2) is 7.88. The minimum absolute atomic E-state index is 0.446. The van der Waals surface area contributed by atoms with Crippen LogP contribution < -0.4 is 0 Å². The van der Waals surface area contributed by atoms with Crippen molar-refractivity contribution in [3.05, 3.63) is 0 Å². The van der Waals surface area contributed by atoms with E-state index in [2.05, 4.69) is 18.7 Å². The van der Waals surface area contributed by atoms with Gasteiger partial charge in [-0.2, -0.15) is 0 Å². The highest BCUT2D eigenvalue weighted by molar-refractivity contribution is 5.74. The average Bonchev–Trinajstić information content (AvgIpc) is 2.43. The highest BCUT2D eigenvalue weighted by Gasteiger charge is 2.40. The molecule has 0 aliphatic carbocycles. The van der Waals surface area contributed by atoms with E-state index in [1.54, 1.807) is 0 Å². The van der Waals surface area contributed by atoms with Crippen LogP contribution in [-0.4, -0.2) is 35.1 Å². The normalized spacial score (nSPS) is 21.2. The number of unbranched alkanes of at least 4 members (excludes halogenated alkanes) is 3. The van der Waals surface area contributed by atoms with Crippen molar-refractivity contribution in [1.29, 1.82) is 0 Å². The molecule has 0 amide bonds. The van der Waals surface area contributed by atoms with Crippen molar-refractivity contribution >= 4 is 5.97 Å². The van der Waals surface area contributed by atoms with Crippen molar-refractivity contribution in [3.8, 4) is 0 Å². The first-order chi connectivity index (χ1) is 9.05. The molecule has 1 rings (SSSR count). The summed E-state index contributed by atoms with van der Waals surface area (Å²) in [6.07, 6.45) is 8.93. The van der Waals surface area contributed by atoms with E-state index in [9.17, 15) is 9.90 Å². The molecule has 1 N–H and O–H groups in total. The fourth-order valence-corrected chi connectivity index (χ4v) is 3.16. The van der Waals surface area contributed by atoms with E-state index in [0.29, 0.717) is 6.04 Å². The maximum atomic E-state index is 11.4. The van der Waals surface area contributed by atoms with Crippen molar-refractivity contribution in [3.63, 3.8) is 0 Å². The van der Waals surface area contributed by atoms with Crippen molar-refractivity contribution in [2.24, 2.45) is 5.41 Å². The predicted molar refractivity (Wildman–Crippen MR) is 79.4 cm³/mol. The third-order valence-corrected chi connectivity index (χ3v) is 4.98. The molecule has 1 atom stereocenters. The lowest BCUT2D eigenvalue weighted by Gasteiger charge is -2.41. The first kappa shape index (κ1) is 16.5. The predicted octanol–water partition coefficient (Wildman–Crippen LogP) is 3.92. The minimum atomic E-state index is -0.592. The molecule has 1 aliphatic heterocycles. The molecule has 3 nitrogen and oxygen atoms in total. The van der Waals surface area contributed by atoms with Gasteiger partial charge >= 0.3 is 5.97 Å². The first-order valence-corrected chi connectivity index (χ1v) is 8.03. The molecule has 112 valence electrons. The van der Waals surface area contributed by atoms with Gasteiger partial charge in [0.2, 0.25) is 0 Å². The Morgan fingerprint density at radius 3 is 2.32 bits per heavy atom. The largest absolute Gasteiger partial charge is 0.481 e. The summed E-state index contributed by atoms with van der Waals surface area (Å²) in [4.78, 5) is 13.9. The molecule has 0 spiro atoms. The number of likely N-dealkylation sites (tertiary alicyclic amines) is 1. The quantitative estimate of drug-likeness (QED) is 0.679. The van der Waals surface area contributed by atoms with Crippen LogP contribution >= 0.6 is 0 Å². The molecule has 1 aliphatic rings. The molecule has 0 bridgehead atoms. The zero-order valence-corrected chi connectivity index (χ0v) is 13.0. The maximum Gasteiger partial charge on any atom is 0.309 e. The average molecular weight is 269 g/mol. The molecule has 1 saturated heterocycles. The summed E-state index contributed by atoms with van der Waals surface area (Å²) >= 11 is 0. The van der Waals surface area contributed by atoms with Crippen LogP contribution in [-0.2, 0) is 4.79 Å². The lowest BCUT2D eigenvalue weighted by Crippen LogP contribution is -2.47. The van der Waals surface area contributed by atoms with Crippen LogP contribution in [0.4, 0.5) is 0 Å². The van der Waals surface area contributed by atoms with Crippen molar-refractivity contribution in [1.82, 2.24) is 4.90 Å². The molecular formula is C16H31NO2. The third-order valence-electron chi connectivity index (χ3n) is 4.98. The van der Waals surface area contributed by atoms with Crippen LogP contribution in [0.3, 0.4) is 0 Å². The molecule has 1 heterocycles. The Kier molecular flexibility index (Phi) is 6.84. The zero-order valence-electron chi connectivity index (χ0n) is 13.0. The number of carboxylic acid groups (broad SMARTS) is 1. The SMILES string of the molecule is CCCCCCC(C)N1CCC(CC)(C(=O)O)CC1. The smallest absolute Gasteiger partial charge is 0.309 e. The standard InChI is InChI=1S/C16H31NO2/c1-4-6-7-8-9-14(3)17-12-10-16(5-2,11-13-17)15(18)19/h14H,4-13H2,1-3H3,(H,18,19).